The van der Waals surface area contributed by atoms with Crippen molar-refractivity contribution in [2.75, 3.05) is 11.9 Å². The summed E-state index contributed by atoms with van der Waals surface area (Å²) in [5.74, 6) is 0.338. The van der Waals surface area contributed by atoms with Crippen molar-refractivity contribution in [3.8, 4) is 5.75 Å². The molecule has 0 spiro atoms. The fraction of sp³-hybridized carbons (Fsp3) is 0.176. The minimum absolute atomic E-state index is 0.126. The Kier molecular flexibility index (Phi) is 3.62. The highest BCUT2D eigenvalue weighted by Crippen LogP contribution is 2.34. The van der Waals surface area contributed by atoms with Crippen LogP contribution in [-0.2, 0) is 4.79 Å². The highest BCUT2D eigenvalue weighted by molar-refractivity contribution is 6.30. The van der Waals surface area contributed by atoms with Crippen LogP contribution in [0.15, 0.2) is 42.5 Å². The Morgan fingerprint density at radius 2 is 1.77 bits per heavy atom. The van der Waals surface area contributed by atoms with E-state index in [9.17, 15) is 9.59 Å². The van der Waals surface area contributed by atoms with Gasteiger partial charge in [-0.2, -0.15) is 0 Å². The molecule has 2 aromatic carbocycles. The lowest BCUT2D eigenvalue weighted by Gasteiger charge is -2.30. The molecule has 22 heavy (non-hydrogen) atoms. The van der Waals surface area contributed by atoms with Gasteiger partial charge in [-0.3, -0.25) is 9.59 Å². The monoisotopic (exact) mass is 315 g/mol. The molecule has 0 aromatic heterocycles. The molecule has 0 bridgehead atoms. The maximum absolute atomic E-state index is 12.5. The smallest absolute Gasteiger partial charge is 0.267 e. The number of carbonyl (C=O) groups is 2. The topological polar surface area (TPSA) is 46.6 Å². The van der Waals surface area contributed by atoms with Crippen molar-refractivity contribution < 1.29 is 14.3 Å². The van der Waals surface area contributed by atoms with Crippen LogP contribution in [0.2, 0.25) is 5.02 Å². The highest BCUT2D eigenvalue weighted by atomic mass is 35.5. The number of fused-ring (bicyclic) bond motifs is 1. The van der Waals surface area contributed by atoms with E-state index in [4.69, 9.17) is 16.3 Å². The molecule has 1 heterocycles. The van der Waals surface area contributed by atoms with E-state index < -0.39 is 6.10 Å². The van der Waals surface area contributed by atoms with E-state index in [-0.39, 0.29) is 11.7 Å². The van der Waals surface area contributed by atoms with Crippen LogP contribution < -0.4 is 9.64 Å². The number of halogens is 1. The fourth-order valence-corrected chi connectivity index (χ4v) is 2.55. The molecule has 112 valence electrons. The Morgan fingerprint density at radius 3 is 2.45 bits per heavy atom. The van der Waals surface area contributed by atoms with E-state index in [0.717, 1.165) is 0 Å². The molecule has 0 fully saturated rings. The predicted molar refractivity (Wildman–Crippen MR) is 84.8 cm³/mol. The van der Waals surface area contributed by atoms with E-state index in [0.29, 0.717) is 27.6 Å². The zero-order valence-electron chi connectivity index (χ0n) is 12.2. The van der Waals surface area contributed by atoms with Gasteiger partial charge in [0.25, 0.3) is 5.91 Å². The molecule has 0 unspecified atom stereocenters. The second kappa shape index (κ2) is 5.46. The first-order valence-electron chi connectivity index (χ1n) is 6.86. The summed E-state index contributed by atoms with van der Waals surface area (Å²) in [6.07, 6.45) is -0.518. The van der Waals surface area contributed by atoms with E-state index in [1.807, 2.05) is 0 Å². The molecule has 1 aliphatic rings. The van der Waals surface area contributed by atoms with Crippen molar-refractivity contribution in [3.63, 3.8) is 0 Å². The van der Waals surface area contributed by atoms with E-state index >= 15 is 0 Å². The second-order valence-corrected chi connectivity index (χ2v) is 5.61. The third-order valence-electron chi connectivity index (χ3n) is 3.67. The van der Waals surface area contributed by atoms with Gasteiger partial charge in [-0.1, -0.05) is 11.6 Å². The Labute approximate surface area is 133 Å². The van der Waals surface area contributed by atoms with Crippen molar-refractivity contribution >= 4 is 29.0 Å². The SMILES string of the molecule is C[C@@H]1Oc2ccc(C(=O)c3ccc(Cl)cc3)cc2N(C)C1=O. The van der Waals surface area contributed by atoms with Gasteiger partial charge in [0.05, 0.1) is 5.69 Å². The van der Waals surface area contributed by atoms with Gasteiger partial charge in [-0.15, -0.1) is 0 Å². The maximum atomic E-state index is 12.5. The quantitative estimate of drug-likeness (QED) is 0.799. The van der Waals surface area contributed by atoms with Crippen molar-refractivity contribution in [2.45, 2.75) is 13.0 Å². The Morgan fingerprint density at radius 1 is 1.14 bits per heavy atom. The second-order valence-electron chi connectivity index (χ2n) is 5.18. The first-order valence-corrected chi connectivity index (χ1v) is 7.23. The molecule has 0 saturated carbocycles. The number of hydrogen-bond acceptors (Lipinski definition) is 3. The van der Waals surface area contributed by atoms with Crippen molar-refractivity contribution in [1.29, 1.82) is 0 Å². The maximum Gasteiger partial charge on any atom is 0.267 e. The average Bonchev–Trinajstić information content (AvgIpc) is 2.52. The highest BCUT2D eigenvalue weighted by Gasteiger charge is 2.29. The lowest BCUT2D eigenvalue weighted by molar-refractivity contribution is -0.125. The molecule has 2 aromatic rings. The molecule has 4 nitrogen and oxygen atoms in total. The zero-order valence-corrected chi connectivity index (χ0v) is 12.9. The third-order valence-corrected chi connectivity index (χ3v) is 3.92. The van der Waals surface area contributed by atoms with E-state index in [2.05, 4.69) is 0 Å². The molecular formula is C17H14ClNO3. The molecule has 5 heteroatoms. The standard InChI is InChI=1S/C17H14ClNO3/c1-10-17(21)19(2)14-9-12(5-8-15(14)22-10)16(20)11-3-6-13(18)7-4-11/h3-10H,1-2H3/t10-/m0/s1. The van der Waals surface area contributed by atoms with Gasteiger partial charge in [-0.05, 0) is 49.4 Å². The molecule has 1 amide bonds. The summed E-state index contributed by atoms with van der Waals surface area (Å²) in [5, 5.41) is 0.578. The lowest BCUT2D eigenvalue weighted by Crippen LogP contribution is -2.42. The zero-order chi connectivity index (χ0) is 15.9. The molecule has 3 rings (SSSR count). The van der Waals surface area contributed by atoms with Crippen molar-refractivity contribution in [3.05, 3.63) is 58.6 Å². The minimum atomic E-state index is -0.518. The number of amides is 1. The van der Waals surface area contributed by atoms with Crippen LogP contribution in [0.4, 0.5) is 5.69 Å². The lowest BCUT2D eigenvalue weighted by atomic mass is 10.0. The molecular weight excluding hydrogens is 302 g/mol. The van der Waals surface area contributed by atoms with Crippen LogP contribution in [0.5, 0.6) is 5.75 Å². The van der Waals surface area contributed by atoms with Crippen LogP contribution in [0, 0.1) is 0 Å². The summed E-state index contributed by atoms with van der Waals surface area (Å²) in [7, 11) is 1.68. The van der Waals surface area contributed by atoms with Crippen molar-refractivity contribution in [1.82, 2.24) is 0 Å². The van der Waals surface area contributed by atoms with Gasteiger partial charge >= 0.3 is 0 Å². The summed E-state index contributed by atoms with van der Waals surface area (Å²) in [6, 6.07) is 11.8. The normalized spacial score (nSPS) is 17.0. The molecule has 0 saturated heterocycles. The Balaban J connectivity index is 1.98. The predicted octanol–water partition coefficient (Wildman–Crippen LogP) is 3.31. The summed E-state index contributed by atoms with van der Waals surface area (Å²) < 4.78 is 5.55. The summed E-state index contributed by atoms with van der Waals surface area (Å²) >= 11 is 5.83. The first kappa shape index (κ1) is 14.6. The molecule has 0 radical (unpaired) electrons. The number of likely N-dealkylation sites (N-methyl/N-ethyl adjacent to an activating group) is 1. The van der Waals surface area contributed by atoms with Crippen LogP contribution in [-0.4, -0.2) is 24.8 Å². The fourth-order valence-electron chi connectivity index (χ4n) is 2.42. The van der Waals surface area contributed by atoms with Crippen LogP contribution in [0.3, 0.4) is 0 Å². The number of ketones is 1. The van der Waals surface area contributed by atoms with Gasteiger partial charge in [0.1, 0.15) is 5.75 Å². The van der Waals surface area contributed by atoms with Gasteiger partial charge in [-0.25, -0.2) is 0 Å². The number of nitrogens with zero attached hydrogens (tertiary/aromatic N) is 1. The Bertz CT molecular complexity index is 755. The van der Waals surface area contributed by atoms with Gasteiger partial charge in [0, 0.05) is 23.2 Å². The molecule has 0 aliphatic carbocycles. The Hall–Kier alpha value is -2.33. The number of rotatable bonds is 2. The number of hydrogen-bond donors (Lipinski definition) is 0. The van der Waals surface area contributed by atoms with Gasteiger partial charge in [0.15, 0.2) is 11.9 Å². The van der Waals surface area contributed by atoms with E-state index in [1.54, 1.807) is 56.4 Å². The summed E-state index contributed by atoms with van der Waals surface area (Å²) in [6.45, 7) is 1.70. The van der Waals surface area contributed by atoms with Gasteiger partial charge in [0.2, 0.25) is 0 Å². The first-order chi connectivity index (χ1) is 10.5. The minimum Gasteiger partial charge on any atom is -0.479 e. The number of benzene rings is 2. The van der Waals surface area contributed by atoms with Crippen molar-refractivity contribution in [2.24, 2.45) is 0 Å². The molecule has 1 atom stereocenters. The van der Waals surface area contributed by atoms with Crippen LogP contribution in [0.25, 0.3) is 0 Å². The van der Waals surface area contributed by atoms with Crippen LogP contribution in [0.1, 0.15) is 22.8 Å². The third kappa shape index (κ3) is 2.46. The molecule has 1 aliphatic heterocycles. The number of carbonyl (C=O) groups excluding carboxylic acids is 2. The van der Waals surface area contributed by atoms with Gasteiger partial charge < -0.3 is 9.64 Å². The summed E-state index contributed by atoms with van der Waals surface area (Å²) in [5.41, 5.74) is 1.64. The number of anilines is 1. The van der Waals surface area contributed by atoms with E-state index in [1.165, 1.54) is 4.90 Å². The van der Waals surface area contributed by atoms with Crippen LogP contribution >= 0.6 is 11.6 Å². The molecule has 0 N–H and O–H groups in total. The number of ether oxygens (including phenoxy) is 1. The average molecular weight is 316 g/mol. The largest absolute Gasteiger partial charge is 0.479 e. The summed E-state index contributed by atoms with van der Waals surface area (Å²) in [4.78, 5) is 26.0.